The third-order valence-corrected chi connectivity index (χ3v) is 3.69. The first-order valence-corrected chi connectivity index (χ1v) is 8.99. The molecule has 0 bridgehead atoms. The summed E-state index contributed by atoms with van der Waals surface area (Å²) in [6.07, 6.45) is 5.18. The molecule has 0 fully saturated rings. The highest BCUT2D eigenvalue weighted by Gasteiger charge is 2.09. The summed E-state index contributed by atoms with van der Waals surface area (Å²) in [4.78, 5) is 23.7. The van der Waals surface area contributed by atoms with E-state index < -0.39 is 11.9 Å². The molecule has 2 aromatic rings. The third-order valence-electron chi connectivity index (χ3n) is 3.69. The van der Waals surface area contributed by atoms with E-state index in [0.29, 0.717) is 17.9 Å². The number of methoxy groups -OCH3 is 1. The van der Waals surface area contributed by atoms with Gasteiger partial charge in [-0.3, -0.25) is 0 Å². The molecule has 29 heavy (non-hydrogen) atoms. The van der Waals surface area contributed by atoms with Crippen LogP contribution in [0.4, 0.5) is 0 Å². The lowest BCUT2D eigenvalue weighted by Gasteiger charge is -2.07. The van der Waals surface area contributed by atoms with Gasteiger partial charge in [0, 0.05) is 11.6 Å². The maximum atomic E-state index is 12.2. The minimum atomic E-state index is -0.734. The number of hydrogen-bond acceptors (Lipinski definition) is 6. The lowest BCUT2D eigenvalue weighted by molar-refractivity contribution is -0.135. The van der Waals surface area contributed by atoms with Crippen molar-refractivity contribution in [3.63, 3.8) is 0 Å². The van der Waals surface area contributed by atoms with Gasteiger partial charge in [0.2, 0.25) is 0 Å². The zero-order valence-electron chi connectivity index (χ0n) is 16.3. The van der Waals surface area contributed by atoms with Crippen LogP contribution < -0.4 is 9.47 Å². The van der Waals surface area contributed by atoms with Crippen molar-refractivity contribution in [1.82, 2.24) is 0 Å². The second-order valence-electron chi connectivity index (χ2n) is 5.87. The molecule has 0 aliphatic heterocycles. The Morgan fingerprint density at radius 3 is 2.66 bits per heavy atom. The average Bonchev–Trinajstić information content (AvgIpc) is 2.74. The first-order valence-electron chi connectivity index (χ1n) is 8.99. The first kappa shape index (κ1) is 21.5. The number of esters is 2. The first-order chi connectivity index (χ1) is 14.1. The van der Waals surface area contributed by atoms with Crippen LogP contribution in [0.1, 0.15) is 24.5 Å². The van der Waals surface area contributed by atoms with Gasteiger partial charge in [0.1, 0.15) is 23.1 Å². The molecular formula is C23H21NO5. The predicted octanol–water partition coefficient (Wildman–Crippen LogP) is 4.17. The standard InChI is InChI=1S/C23H21NO5/c1-3-13-28-21-10-5-4-8-18(21)11-12-22(25)29-20-9-6-7-17(15-20)14-19(16-24)23(26)27-2/h4-12,14-15H,3,13H2,1-2H3/b12-11+,19-14+. The molecule has 0 radical (unpaired) electrons. The monoisotopic (exact) mass is 391 g/mol. The zero-order valence-corrected chi connectivity index (χ0v) is 16.3. The highest BCUT2D eigenvalue weighted by Crippen LogP contribution is 2.20. The molecular weight excluding hydrogens is 370 g/mol. The van der Waals surface area contributed by atoms with Gasteiger partial charge in [-0.25, -0.2) is 9.59 Å². The summed E-state index contributed by atoms with van der Waals surface area (Å²) in [6, 6.07) is 15.7. The number of para-hydroxylation sites is 1. The Balaban J connectivity index is 2.10. The Morgan fingerprint density at radius 2 is 1.93 bits per heavy atom. The van der Waals surface area contributed by atoms with Crippen LogP contribution in [-0.4, -0.2) is 25.7 Å². The molecule has 0 saturated heterocycles. The summed E-state index contributed by atoms with van der Waals surface area (Å²) in [5.74, 6) is -0.324. The Bertz CT molecular complexity index is 969. The Hall–Kier alpha value is -3.85. The number of carbonyl (C=O) groups is 2. The van der Waals surface area contributed by atoms with Gasteiger partial charge >= 0.3 is 11.9 Å². The van der Waals surface area contributed by atoms with Gasteiger partial charge in [0.15, 0.2) is 0 Å². The quantitative estimate of drug-likeness (QED) is 0.290. The highest BCUT2D eigenvalue weighted by molar-refractivity contribution is 5.97. The van der Waals surface area contributed by atoms with Gasteiger partial charge < -0.3 is 14.2 Å². The lowest BCUT2D eigenvalue weighted by Crippen LogP contribution is -2.04. The van der Waals surface area contributed by atoms with Gasteiger partial charge in [0.05, 0.1) is 13.7 Å². The molecule has 0 aliphatic carbocycles. The van der Waals surface area contributed by atoms with Crippen molar-refractivity contribution in [2.75, 3.05) is 13.7 Å². The second-order valence-corrected chi connectivity index (χ2v) is 5.87. The molecule has 2 aromatic carbocycles. The van der Waals surface area contributed by atoms with Crippen LogP contribution in [0.15, 0.2) is 60.2 Å². The smallest absolute Gasteiger partial charge is 0.348 e. The van der Waals surface area contributed by atoms with Crippen LogP contribution in [0.3, 0.4) is 0 Å². The molecule has 0 amide bonds. The van der Waals surface area contributed by atoms with Gasteiger partial charge in [-0.05, 0) is 42.3 Å². The van der Waals surface area contributed by atoms with Crippen LogP contribution in [0.25, 0.3) is 12.2 Å². The van der Waals surface area contributed by atoms with E-state index in [2.05, 4.69) is 4.74 Å². The molecule has 6 heteroatoms. The van der Waals surface area contributed by atoms with Crippen molar-refractivity contribution in [3.8, 4) is 17.6 Å². The molecule has 148 valence electrons. The fourth-order valence-electron chi connectivity index (χ4n) is 2.35. The number of nitriles is 1. The van der Waals surface area contributed by atoms with Gasteiger partial charge in [0.25, 0.3) is 0 Å². The fraction of sp³-hybridized carbons (Fsp3) is 0.174. The normalized spacial score (nSPS) is 11.0. The number of rotatable bonds is 8. The van der Waals surface area contributed by atoms with Gasteiger partial charge in [-0.1, -0.05) is 37.3 Å². The molecule has 0 N–H and O–H groups in total. The number of ether oxygens (including phenoxy) is 3. The molecule has 2 rings (SSSR count). The largest absolute Gasteiger partial charge is 0.493 e. The van der Waals surface area contributed by atoms with Crippen molar-refractivity contribution in [3.05, 3.63) is 71.3 Å². The SMILES string of the molecule is CCCOc1ccccc1/C=C/C(=O)Oc1cccc(/C=C(\C#N)C(=O)OC)c1. The molecule has 0 spiro atoms. The van der Waals surface area contributed by atoms with E-state index >= 15 is 0 Å². The second kappa shape index (κ2) is 11.1. The molecule has 6 nitrogen and oxygen atoms in total. The zero-order chi connectivity index (χ0) is 21.1. The Kier molecular flexibility index (Phi) is 8.21. The molecule has 0 saturated carbocycles. The summed E-state index contributed by atoms with van der Waals surface area (Å²) >= 11 is 0. The van der Waals surface area contributed by atoms with Gasteiger partial charge in [-0.2, -0.15) is 5.26 Å². The predicted molar refractivity (Wildman–Crippen MR) is 109 cm³/mol. The third kappa shape index (κ3) is 6.67. The Morgan fingerprint density at radius 1 is 1.14 bits per heavy atom. The van der Waals surface area contributed by atoms with E-state index in [9.17, 15) is 9.59 Å². The van der Waals surface area contributed by atoms with Crippen molar-refractivity contribution < 1.29 is 23.8 Å². The molecule has 0 heterocycles. The molecule has 0 atom stereocenters. The lowest BCUT2D eigenvalue weighted by atomic mass is 10.1. The Labute approximate surface area is 169 Å². The van der Waals surface area contributed by atoms with E-state index in [1.54, 1.807) is 36.4 Å². The van der Waals surface area contributed by atoms with Crippen LogP contribution in [0.2, 0.25) is 0 Å². The maximum absolute atomic E-state index is 12.2. The van der Waals surface area contributed by atoms with E-state index in [4.69, 9.17) is 14.7 Å². The summed E-state index contributed by atoms with van der Waals surface area (Å²) in [5, 5.41) is 9.03. The van der Waals surface area contributed by atoms with E-state index in [1.807, 2.05) is 31.2 Å². The topological polar surface area (TPSA) is 85.6 Å². The van der Waals surface area contributed by atoms with Crippen LogP contribution >= 0.6 is 0 Å². The van der Waals surface area contributed by atoms with Crippen molar-refractivity contribution in [1.29, 1.82) is 5.26 Å². The van der Waals surface area contributed by atoms with Crippen LogP contribution in [0, 0.1) is 11.3 Å². The number of hydrogen-bond donors (Lipinski definition) is 0. The van der Waals surface area contributed by atoms with Gasteiger partial charge in [-0.15, -0.1) is 0 Å². The summed E-state index contributed by atoms with van der Waals surface area (Å²) in [6.45, 7) is 2.61. The molecule has 0 aliphatic rings. The number of carbonyl (C=O) groups excluding carboxylic acids is 2. The average molecular weight is 391 g/mol. The highest BCUT2D eigenvalue weighted by atomic mass is 16.5. The van der Waals surface area contributed by atoms with E-state index in [1.165, 1.54) is 19.3 Å². The summed E-state index contributed by atoms with van der Waals surface area (Å²) in [5.41, 5.74) is 1.14. The molecule has 0 aromatic heterocycles. The summed E-state index contributed by atoms with van der Waals surface area (Å²) < 4.78 is 15.5. The maximum Gasteiger partial charge on any atom is 0.348 e. The van der Waals surface area contributed by atoms with Crippen molar-refractivity contribution in [2.24, 2.45) is 0 Å². The molecule has 0 unspecified atom stereocenters. The fourth-order valence-corrected chi connectivity index (χ4v) is 2.35. The van der Waals surface area contributed by atoms with E-state index in [-0.39, 0.29) is 11.3 Å². The van der Waals surface area contributed by atoms with Crippen molar-refractivity contribution in [2.45, 2.75) is 13.3 Å². The van der Waals surface area contributed by atoms with Crippen LogP contribution in [-0.2, 0) is 14.3 Å². The van der Waals surface area contributed by atoms with E-state index in [0.717, 1.165) is 12.0 Å². The summed E-state index contributed by atoms with van der Waals surface area (Å²) in [7, 11) is 1.20. The number of benzene rings is 2. The van der Waals surface area contributed by atoms with Crippen molar-refractivity contribution >= 4 is 24.1 Å². The number of nitrogens with zero attached hydrogens (tertiary/aromatic N) is 1. The minimum Gasteiger partial charge on any atom is -0.493 e. The minimum absolute atomic E-state index is 0.153. The van der Waals surface area contributed by atoms with Crippen LogP contribution in [0.5, 0.6) is 11.5 Å².